The first-order valence-corrected chi connectivity index (χ1v) is 9.90. The van der Waals surface area contributed by atoms with Gasteiger partial charge < -0.3 is 14.3 Å². The molecule has 0 spiro atoms. The van der Waals surface area contributed by atoms with Gasteiger partial charge >= 0.3 is 0 Å². The van der Waals surface area contributed by atoms with E-state index in [-0.39, 0.29) is 11.7 Å². The van der Waals surface area contributed by atoms with E-state index in [2.05, 4.69) is 44.6 Å². The summed E-state index contributed by atoms with van der Waals surface area (Å²) in [6, 6.07) is 15.3. The first-order valence-electron chi connectivity index (χ1n) is 9.10. The Morgan fingerprint density at radius 1 is 1.21 bits per heavy atom. The number of hydrogen-bond acceptors (Lipinski definition) is 3. The minimum atomic E-state index is -0.272. The van der Waals surface area contributed by atoms with Gasteiger partial charge in [0.2, 0.25) is 0 Å². The van der Waals surface area contributed by atoms with E-state index < -0.39 is 0 Å². The van der Waals surface area contributed by atoms with Crippen molar-refractivity contribution in [2.45, 2.75) is 26.3 Å². The molecule has 0 radical (unpaired) electrons. The van der Waals surface area contributed by atoms with E-state index in [1.165, 1.54) is 0 Å². The fourth-order valence-corrected chi connectivity index (χ4v) is 3.69. The number of aromatic nitrogens is 2. The number of halogens is 1. The molecular formula is C22H20BrN3O2. The topological polar surface area (TPSA) is 60.1 Å². The van der Waals surface area contributed by atoms with Gasteiger partial charge in [-0.25, -0.2) is 4.98 Å². The monoisotopic (exact) mass is 437 g/mol. The predicted octanol–water partition coefficient (Wildman–Crippen LogP) is 5.82. The van der Waals surface area contributed by atoms with Crippen LogP contribution in [0.5, 0.6) is 0 Å². The van der Waals surface area contributed by atoms with Crippen LogP contribution in [0, 0.1) is 0 Å². The predicted molar refractivity (Wildman–Crippen MR) is 114 cm³/mol. The number of imidazole rings is 1. The van der Waals surface area contributed by atoms with Crippen molar-refractivity contribution in [1.82, 2.24) is 9.55 Å². The van der Waals surface area contributed by atoms with Crippen molar-refractivity contribution in [2.75, 3.05) is 5.32 Å². The Morgan fingerprint density at radius 2 is 2.04 bits per heavy atom. The van der Waals surface area contributed by atoms with E-state index in [1.54, 1.807) is 6.07 Å². The van der Waals surface area contributed by atoms with E-state index in [0.29, 0.717) is 18.0 Å². The molecule has 1 N–H and O–H groups in total. The maximum Gasteiger partial charge on any atom is 0.291 e. The largest absolute Gasteiger partial charge is 0.450 e. The van der Waals surface area contributed by atoms with Gasteiger partial charge in [-0.1, -0.05) is 38.1 Å². The number of hydrogen-bond donors (Lipinski definition) is 1. The summed E-state index contributed by atoms with van der Waals surface area (Å²) in [7, 11) is 0. The lowest BCUT2D eigenvalue weighted by atomic mass is 10.1. The summed E-state index contributed by atoms with van der Waals surface area (Å²) >= 11 is 3.45. The molecule has 28 heavy (non-hydrogen) atoms. The zero-order valence-corrected chi connectivity index (χ0v) is 17.2. The van der Waals surface area contributed by atoms with Gasteiger partial charge in [0, 0.05) is 35.9 Å². The van der Waals surface area contributed by atoms with Crippen LogP contribution in [0.2, 0.25) is 0 Å². The first kappa shape index (κ1) is 18.5. The molecule has 0 saturated heterocycles. The average Bonchev–Trinajstić information content (AvgIpc) is 3.29. The molecule has 0 bridgehead atoms. The van der Waals surface area contributed by atoms with E-state index in [4.69, 9.17) is 4.42 Å². The van der Waals surface area contributed by atoms with Gasteiger partial charge in [-0.15, -0.1) is 0 Å². The van der Waals surface area contributed by atoms with Gasteiger partial charge in [-0.2, -0.15) is 0 Å². The quantitative estimate of drug-likeness (QED) is 0.428. The highest BCUT2D eigenvalue weighted by Crippen LogP contribution is 2.27. The Labute approximate surface area is 171 Å². The molecule has 1 amide bonds. The molecule has 6 heteroatoms. The molecule has 0 atom stereocenters. The number of fused-ring (bicyclic) bond motifs is 1. The Bertz CT molecular complexity index is 1140. The SMILES string of the molecule is CC(C)c1nccn1Cc1cccc(NC(=O)c2cc3cccc(Br)c3o2)c1. The van der Waals surface area contributed by atoms with Crippen LogP contribution in [0.15, 0.2) is 69.8 Å². The van der Waals surface area contributed by atoms with Crippen LogP contribution in [0.4, 0.5) is 5.69 Å². The number of furan rings is 1. The molecular weight excluding hydrogens is 418 g/mol. The van der Waals surface area contributed by atoms with Crippen LogP contribution in [0.3, 0.4) is 0 Å². The molecule has 2 aromatic carbocycles. The number of benzene rings is 2. The van der Waals surface area contributed by atoms with Gasteiger partial charge in [0.25, 0.3) is 5.91 Å². The number of anilines is 1. The standard InChI is InChI=1S/C22H20BrN3O2/c1-14(2)21-24-9-10-26(21)13-15-5-3-7-17(11-15)25-22(27)19-12-16-6-4-8-18(23)20(16)28-19/h3-12,14H,13H2,1-2H3,(H,25,27). The van der Waals surface area contributed by atoms with Crippen LogP contribution in [0.25, 0.3) is 11.0 Å². The molecule has 2 heterocycles. The second-order valence-electron chi connectivity index (χ2n) is 6.99. The summed E-state index contributed by atoms with van der Waals surface area (Å²) in [5.74, 6) is 1.40. The highest BCUT2D eigenvalue weighted by atomic mass is 79.9. The van der Waals surface area contributed by atoms with Crippen molar-refractivity contribution in [3.8, 4) is 0 Å². The minimum Gasteiger partial charge on any atom is -0.450 e. The van der Waals surface area contributed by atoms with Crippen LogP contribution in [0.1, 0.15) is 41.7 Å². The first-order chi connectivity index (χ1) is 13.5. The van der Waals surface area contributed by atoms with Crippen molar-refractivity contribution in [1.29, 1.82) is 0 Å². The van der Waals surface area contributed by atoms with E-state index >= 15 is 0 Å². The van der Waals surface area contributed by atoms with E-state index in [1.807, 2.05) is 54.9 Å². The summed E-state index contributed by atoms with van der Waals surface area (Å²) < 4.78 is 8.67. The fourth-order valence-electron chi connectivity index (χ4n) is 3.23. The van der Waals surface area contributed by atoms with E-state index in [0.717, 1.165) is 26.9 Å². The molecule has 0 unspecified atom stereocenters. The summed E-state index contributed by atoms with van der Waals surface area (Å²) in [5.41, 5.74) is 2.49. The van der Waals surface area contributed by atoms with Gasteiger partial charge in [0.05, 0.1) is 4.47 Å². The lowest BCUT2D eigenvalue weighted by Gasteiger charge is -2.11. The smallest absolute Gasteiger partial charge is 0.291 e. The number of amides is 1. The number of para-hydroxylation sites is 1. The van der Waals surface area contributed by atoms with Crippen molar-refractivity contribution >= 4 is 38.5 Å². The molecule has 0 aliphatic carbocycles. The molecule has 0 aliphatic heterocycles. The van der Waals surface area contributed by atoms with Crippen molar-refractivity contribution in [2.24, 2.45) is 0 Å². The normalized spacial score (nSPS) is 11.3. The molecule has 0 saturated carbocycles. The van der Waals surface area contributed by atoms with Gasteiger partial charge in [-0.05, 0) is 45.8 Å². The van der Waals surface area contributed by atoms with Gasteiger partial charge in [-0.3, -0.25) is 4.79 Å². The number of rotatable bonds is 5. The second kappa shape index (κ2) is 7.64. The maximum absolute atomic E-state index is 12.6. The van der Waals surface area contributed by atoms with Crippen LogP contribution in [-0.4, -0.2) is 15.5 Å². The van der Waals surface area contributed by atoms with Crippen LogP contribution >= 0.6 is 15.9 Å². The summed E-state index contributed by atoms with van der Waals surface area (Å²) in [5, 5.41) is 3.81. The molecule has 2 aromatic heterocycles. The number of nitrogens with one attached hydrogen (secondary N) is 1. The molecule has 142 valence electrons. The maximum atomic E-state index is 12.6. The second-order valence-corrected chi connectivity index (χ2v) is 7.85. The third kappa shape index (κ3) is 3.73. The zero-order valence-electron chi connectivity index (χ0n) is 15.6. The Hall–Kier alpha value is -2.86. The highest BCUT2D eigenvalue weighted by molar-refractivity contribution is 9.10. The Morgan fingerprint density at radius 3 is 2.82 bits per heavy atom. The molecule has 0 fully saturated rings. The number of carbonyl (C=O) groups excluding carboxylic acids is 1. The molecule has 0 aliphatic rings. The minimum absolute atomic E-state index is 0.272. The van der Waals surface area contributed by atoms with E-state index in [9.17, 15) is 4.79 Å². The molecule has 5 nitrogen and oxygen atoms in total. The fraction of sp³-hybridized carbons (Fsp3) is 0.182. The number of carbonyl (C=O) groups is 1. The van der Waals surface area contributed by atoms with Crippen LogP contribution < -0.4 is 5.32 Å². The Balaban J connectivity index is 1.53. The third-order valence-corrected chi connectivity index (χ3v) is 5.15. The van der Waals surface area contributed by atoms with Gasteiger partial charge in [0.15, 0.2) is 5.76 Å². The molecule has 4 aromatic rings. The van der Waals surface area contributed by atoms with Crippen molar-refractivity contribution < 1.29 is 9.21 Å². The van der Waals surface area contributed by atoms with Crippen molar-refractivity contribution in [3.63, 3.8) is 0 Å². The zero-order chi connectivity index (χ0) is 19.7. The summed E-state index contributed by atoms with van der Waals surface area (Å²) in [6.45, 7) is 4.96. The number of nitrogens with zero attached hydrogens (tertiary/aromatic N) is 2. The average molecular weight is 438 g/mol. The summed E-state index contributed by atoms with van der Waals surface area (Å²) in [6.07, 6.45) is 3.80. The lowest BCUT2D eigenvalue weighted by Crippen LogP contribution is -2.11. The van der Waals surface area contributed by atoms with Crippen molar-refractivity contribution in [3.05, 3.63) is 82.5 Å². The third-order valence-electron chi connectivity index (χ3n) is 4.52. The Kier molecular flexibility index (Phi) is 5.05. The highest BCUT2D eigenvalue weighted by Gasteiger charge is 2.14. The molecule has 4 rings (SSSR count). The van der Waals surface area contributed by atoms with Gasteiger partial charge in [0.1, 0.15) is 11.4 Å². The van der Waals surface area contributed by atoms with Crippen LogP contribution in [-0.2, 0) is 6.54 Å². The lowest BCUT2D eigenvalue weighted by molar-refractivity contribution is 0.0998. The summed E-state index contributed by atoms with van der Waals surface area (Å²) in [4.78, 5) is 17.1.